The highest BCUT2D eigenvalue weighted by Crippen LogP contribution is 2.51. The zero-order chi connectivity index (χ0) is 22.2. The van der Waals surface area contributed by atoms with Crippen molar-refractivity contribution in [1.82, 2.24) is 9.80 Å². The van der Waals surface area contributed by atoms with Gasteiger partial charge in [-0.05, 0) is 48.4 Å². The van der Waals surface area contributed by atoms with E-state index in [1.54, 1.807) is 6.26 Å². The molecule has 4 heterocycles. The van der Waals surface area contributed by atoms with Gasteiger partial charge in [0.25, 0.3) is 5.91 Å². The summed E-state index contributed by atoms with van der Waals surface area (Å²) >= 11 is 0. The number of benzene rings is 2. The Kier molecular flexibility index (Phi) is 5.40. The van der Waals surface area contributed by atoms with Gasteiger partial charge in [-0.15, -0.1) is 0 Å². The summed E-state index contributed by atoms with van der Waals surface area (Å²) in [6, 6.07) is 19.5. The van der Waals surface area contributed by atoms with E-state index >= 15 is 0 Å². The highest BCUT2D eigenvalue weighted by atomic mass is 16.5. The van der Waals surface area contributed by atoms with Gasteiger partial charge in [-0.2, -0.15) is 0 Å². The minimum atomic E-state index is 0.0993. The monoisotopic (exact) mass is 443 g/mol. The number of morpholine rings is 1. The Morgan fingerprint density at radius 1 is 1.03 bits per heavy atom. The lowest BCUT2D eigenvalue weighted by molar-refractivity contribution is 0.0302. The van der Waals surface area contributed by atoms with Gasteiger partial charge >= 0.3 is 0 Å². The van der Waals surface area contributed by atoms with E-state index in [1.165, 1.54) is 16.7 Å². The van der Waals surface area contributed by atoms with E-state index in [0.29, 0.717) is 32.2 Å². The number of nitrogens with zero attached hydrogens (tertiary/aromatic N) is 2. The number of anilines is 1. The molecule has 2 fully saturated rings. The third kappa shape index (κ3) is 3.83. The molecule has 170 valence electrons. The molecule has 6 nitrogen and oxygen atoms in total. The molecule has 1 aromatic heterocycles. The number of hydrogen-bond donors (Lipinski definition) is 1. The second kappa shape index (κ2) is 8.69. The molecule has 1 N–H and O–H groups in total. The first kappa shape index (κ1) is 20.5. The van der Waals surface area contributed by atoms with E-state index in [1.807, 2.05) is 23.3 Å². The van der Waals surface area contributed by atoms with Crippen LogP contribution in [0.1, 0.15) is 45.6 Å². The lowest BCUT2D eigenvalue weighted by Crippen LogP contribution is -2.41. The predicted molar refractivity (Wildman–Crippen MR) is 126 cm³/mol. The largest absolute Gasteiger partial charge is 0.472 e. The number of amides is 1. The van der Waals surface area contributed by atoms with Gasteiger partial charge in [-0.3, -0.25) is 9.69 Å². The molecule has 0 aliphatic carbocycles. The van der Waals surface area contributed by atoms with Crippen LogP contribution in [-0.4, -0.2) is 48.6 Å². The average molecular weight is 444 g/mol. The van der Waals surface area contributed by atoms with Crippen LogP contribution in [0.4, 0.5) is 5.69 Å². The fourth-order valence-electron chi connectivity index (χ4n) is 5.74. The van der Waals surface area contributed by atoms with Crippen molar-refractivity contribution in [1.29, 1.82) is 0 Å². The third-order valence-corrected chi connectivity index (χ3v) is 7.33. The summed E-state index contributed by atoms with van der Waals surface area (Å²) in [4.78, 5) is 17.7. The van der Waals surface area contributed by atoms with Crippen molar-refractivity contribution in [3.8, 4) is 0 Å². The molecule has 3 aliphatic heterocycles. The third-order valence-electron chi connectivity index (χ3n) is 7.33. The van der Waals surface area contributed by atoms with Gasteiger partial charge in [-0.1, -0.05) is 30.3 Å². The molecular weight excluding hydrogens is 414 g/mol. The van der Waals surface area contributed by atoms with Gasteiger partial charge in [0.15, 0.2) is 0 Å². The molecule has 0 bridgehead atoms. The Morgan fingerprint density at radius 3 is 2.67 bits per heavy atom. The molecule has 3 aromatic rings. The van der Waals surface area contributed by atoms with Crippen molar-refractivity contribution < 1.29 is 13.9 Å². The highest BCUT2D eigenvalue weighted by molar-refractivity contribution is 5.95. The van der Waals surface area contributed by atoms with Gasteiger partial charge in [0.2, 0.25) is 0 Å². The van der Waals surface area contributed by atoms with Crippen LogP contribution in [-0.2, 0) is 11.3 Å². The summed E-state index contributed by atoms with van der Waals surface area (Å²) in [5.74, 6) is 0.530. The number of likely N-dealkylation sites (tertiary alicyclic amines) is 1. The Labute approximate surface area is 194 Å². The van der Waals surface area contributed by atoms with Crippen LogP contribution in [0.5, 0.6) is 0 Å². The molecule has 0 radical (unpaired) electrons. The normalized spacial score (nSPS) is 24.7. The molecule has 0 saturated carbocycles. The fraction of sp³-hybridized carbons (Fsp3) is 0.370. The van der Waals surface area contributed by atoms with Crippen LogP contribution >= 0.6 is 0 Å². The molecule has 3 atom stereocenters. The van der Waals surface area contributed by atoms with Crippen molar-refractivity contribution in [2.75, 3.05) is 38.2 Å². The first-order valence-electron chi connectivity index (χ1n) is 11.9. The van der Waals surface area contributed by atoms with Crippen molar-refractivity contribution >= 4 is 11.6 Å². The number of hydrogen-bond acceptors (Lipinski definition) is 5. The van der Waals surface area contributed by atoms with Crippen molar-refractivity contribution in [2.45, 2.75) is 25.0 Å². The van der Waals surface area contributed by atoms with Gasteiger partial charge < -0.3 is 19.4 Å². The maximum Gasteiger partial charge on any atom is 0.254 e. The molecule has 6 heteroatoms. The summed E-state index contributed by atoms with van der Waals surface area (Å²) in [7, 11) is 0. The number of ether oxygens (including phenoxy) is 1. The SMILES string of the molecule is O=C(c1ccc2c(c1)[C@@H]1[C@@H](CCN1Cc1ccoc1)C(c1ccccc1)N2)N1CCOCC1. The first-order valence-corrected chi connectivity index (χ1v) is 11.9. The number of carbonyl (C=O) groups excluding carboxylic acids is 1. The Bertz CT molecular complexity index is 1110. The summed E-state index contributed by atoms with van der Waals surface area (Å²) in [5, 5.41) is 3.82. The molecule has 1 unspecified atom stereocenters. The van der Waals surface area contributed by atoms with Crippen molar-refractivity contribution in [3.05, 3.63) is 89.4 Å². The van der Waals surface area contributed by atoms with Crippen molar-refractivity contribution in [3.63, 3.8) is 0 Å². The Balaban J connectivity index is 1.37. The fourth-order valence-corrected chi connectivity index (χ4v) is 5.74. The Hall–Kier alpha value is -3.09. The smallest absolute Gasteiger partial charge is 0.254 e. The topological polar surface area (TPSA) is 58.0 Å². The molecule has 1 amide bonds. The van der Waals surface area contributed by atoms with Crippen LogP contribution in [0.3, 0.4) is 0 Å². The minimum Gasteiger partial charge on any atom is -0.472 e. The zero-order valence-electron chi connectivity index (χ0n) is 18.7. The molecular formula is C27H29N3O3. The molecule has 33 heavy (non-hydrogen) atoms. The van der Waals surface area contributed by atoms with E-state index in [4.69, 9.17) is 9.15 Å². The quantitative estimate of drug-likeness (QED) is 0.644. The number of fused-ring (bicyclic) bond motifs is 3. The predicted octanol–water partition coefficient (Wildman–Crippen LogP) is 4.48. The minimum absolute atomic E-state index is 0.0993. The molecule has 0 spiro atoms. The summed E-state index contributed by atoms with van der Waals surface area (Å²) in [6.07, 6.45) is 4.68. The van der Waals surface area contributed by atoms with Gasteiger partial charge in [0.05, 0.1) is 31.8 Å². The van der Waals surface area contributed by atoms with Crippen LogP contribution in [0.2, 0.25) is 0 Å². The number of furan rings is 1. The summed E-state index contributed by atoms with van der Waals surface area (Å²) in [6.45, 7) is 4.40. The zero-order valence-corrected chi connectivity index (χ0v) is 18.7. The molecule has 3 aliphatic rings. The summed E-state index contributed by atoms with van der Waals surface area (Å²) < 4.78 is 10.8. The highest BCUT2D eigenvalue weighted by Gasteiger charge is 2.44. The van der Waals surface area contributed by atoms with Gasteiger partial charge in [0, 0.05) is 48.4 Å². The lowest BCUT2D eigenvalue weighted by atomic mass is 9.79. The van der Waals surface area contributed by atoms with E-state index in [2.05, 4.69) is 52.7 Å². The van der Waals surface area contributed by atoms with E-state index in [0.717, 1.165) is 30.8 Å². The second-order valence-electron chi connectivity index (χ2n) is 9.24. The van der Waals surface area contributed by atoms with Gasteiger partial charge in [-0.25, -0.2) is 0 Å². The lowest BCUT2D eigenvalue weighted by Gasteiger charge is -2.40. The van der Waals surface area contributed by atoms with Crippen LogP contribution in [0.15, 0.2) is 71.5 Å². The van der Waals surface area contributed by atoms with E-state index in [9.17, 15) is 4.79 Å². The van der Waals surface area contributed by atoms with Crippen LogP contribution in [0.25, 0.3) is 0 Å². The standard InChI is InChI=1S/C27H29N3O3/c31-27(29-11-14-32-15-12-29)21-6-7-24-23(16-21)26-22(25(28-24)20-4-2-1-3-5-20)8-10-30(26)17-19-9-13-33-18-19/h1-7,9,13,16,18,22,25-26,28H,8,10-12,14-15,17H2/t22-,25?,26-/m0/s1. The number of rotatable bonds is 4. The average Bonchev–Trinajstić information content (AvgIpc) is 3.55. The van der Waals surface area contributed by atoms with E-state index < -0.39 is 0 Å². The first-order chi connectivity index (χ1) is 16.3. The Morgan fingerprint density at radius 2 is 1.88 bits per heavy atom. The van der Waals surface area contributed by atoms with Gasteiger partial charge in [0.1, 0.15) is 0 Å². The van der Waals surface area contributed by atoms with E-state index in [-0.39, 0.29) is 18.0 Å². The number of carbonyl (C=O) groups is 1. The summed E-state index contributed by atoms with van der Waals surface area (Å²) in [5.41, 5.74) is 5.63. The molecule has 6 rings (SSSR count). The molecule has 2 saturated heterocycles. The maximum absolute atomic E-state index is 13.2. The molecule has 2 aromatic carbocycles. The van der Waals surface area contributed by atoms with Crippen LogP contribution in [0, 0.1) is 5.92 Å². The maximum atomic E-state index is 13.2. The second-order valence-corrected chi connectivity index (χ2v) is 9.24. The number of nitrogens with one attached hydrogen (secondary N) is 1. The van der Waals surface area contributed by atoms with Crippen LogP contribution < -0.4 is 5.32 Å². The van der Waals surface area contributed by atoms with Crippen molar-refractivity contribution in [2.24, 2.45) is 5.92 Å².